The van der Waals surface area contributed by atoms with Crippen LogP contribution in [0.4, 0.5) is 23.1 Å². The molecule has 1 saturated carbocycles. The van der Waals surface area contributed by atoms with Crippen molar-refractivity contribution in [3.63, 3.8) is 0 Å². The first-order valence-corrected chi connectivity index (χ1v) is 10.6. The van der Waals surface area contributed by atoms with E-state index in [1.165, 1.54) is 19.2 Å². The standard InChI is InChI=1S/C22H27N5O4/c1-4-16-20(28)26(2)17-12-23-22(25-19(17)27(16)14-7-5-6-8-14)24-15-10-9-13(21(29)30)11-18(15)31-3/h9-12,14,16H,4-8H2,1-3H3,(H,29,30)(H,23,24,25)/t16-/m0/s1. The van der Waals surface area contributed by atoms with Crippen molar-refractivity contribution >= 4 is 35.0 Å². The minimum absolute atomic E-state index is 0.0668. The van der Waals surface area contributed by atoms with E-state index in [9.17, 15) is 14.7 Å². The summed E-state index contributed by atoms with van der Waals surface area (Å²) in [4.78, 5) is 37.2. The molecule has 1 aliphatic carbocycles. The van der Waals surface area contributed by atoms with Crippen LogP contribution in [0.3, 0.4) is 0 Å². The van der Waals surface area contributed by atoms with E-state index in [2.05, 4.69) is 15.2 Å². The maximum Gasteiger partial charge on any atom is 0.335 e. The van der Waals surface area contributed by atoms with Gasteiger partial charge in [0.2, 0.25) is 11.9 Å². The molecule has 2 N–H and O–H groups in total. The van der Waals surface area contributed by atoms with Gasteiger partial charge in [-0.05, 0) is 37.5 Å². The molecule has 0 unspecified atom stereocenters. The molecule has 1 aromatic heterocycles. The normalized spacial score (nSPS) is 18.8. The number of hydrogen-bond acceptors (Lipinski definition) is 7. The zero-order valence-corrected chi connectivity index (χ0v) is 18.0. The van der Waals surface area contributed by atoms with Crippen LogP contribution < -0.4 is 19.9 Å². The maximum absolute atomic E-state index is 13.0. The number of fused-ring (bicyclic) bond motifs is 1. The van der Waals surface area contributed by atoms with Gasteiger partial charge in [0.05, 0.1) is 24.6 Å². The number of carbonyl (C=O) groups is 2. The summed E-state index contributed by atoms with van der Waals surface area (Å²) in [7, 11) is 3.24. The summed E-state index contributed by atoms with van der Waals surface area (Å²) in [5.74, 6) is 0.533. The van der Waals surface area contributed by atoms with E-state index in [1.54, 1.807) is 24.2 Å². The Morgan fingerprint density at radius 1 is 1.32 bits per heavy atom. The Bertz CT molecular complexity index is 1010. The molecular weight excluding hydrogens is 398 g/mol. The van der Waals surface area contributed by atoms with Gasteiger partial charge in [-0.1, -0.05) is 19.8 Å². The van der Waals surface area contributed by atoms with Gasteiger partial charge in [-0.2, -0.15) is 4.98 Å². The summed E-state index contributed by atoms with van der Waals surface area (Å²) < 4.78 is 5.34. The van der Waals surface area contributed by atoms with Crippen molar-refractivity contribution in [1.29, 1.82) is 0 Å². The summed E-state index contributed by atoms with van der Waals surface area (Å²) >= 11 is 0. The lowest BCUT2D eigenvalue weighted by Crippen LogP contribution is -2.55. The Morgan fingerprint density at radius 2 is 2.06 bits per heavy atom. The fraction of sp³-hybridized carbons (Fsp3) is 0.455. The van der Waals surface area contributed by atoms with Crippen molar-refractivity contribution in [3.05, 3.63) is 30.0 Å². The number of carboxylic acids is 1. The van der Waals surface area contributed by atoms with Gasteiger partial charge in [0, 0.05) is 13.1 Å². The molecule has 1 atom stereocenters. The SMILES string of the molecule is CC[C@H]1C(=O)N(C)c2cnc(Nc3ccc(C(=O)O)cc3OC)nc2N1C1CCCC1. The third kappa shape index (κ3) is 3.75. The van der Waals surface area contributed by atoms with Gasteiger partial charge in [0.25, 0.3) is 0 Å². The number of aromatic nitrogens is 2. The van der Waals surface area contributed by atoms with Crippen molar-refractivity contribution in [3.8, 4) is 5.75 Å². The first kappa shape index (κ1) is 20.9. The van der Waals surface area contributed by atoms with Gasteiger partial charge in [-0.3, -0.25) is 4.79 Å². The fourth-order valence-electron chi connectivity index (χ4n) is 4.49. The third-order valence-corrected chi connectivity index (χ3v) is 6.11. The van der Waals surface area contributed by atoms with Gasteiger partial charge in [-0.15, -0.1) is 0 Å². The Hall–Kier alpha value is -3.36. The summed E-state index contributed by atoms with van der Waals surface area (Å²) in [6.07, 6.45) is 6.76. The van der Waals surface area contributed by atoms with E-state index in [4.69, 9.17) is 9.72 Å². The van der Waals surface area contributed by atoms with E-state index in [-0.39, 0.29) is 23.6 Å². The number of rotatable bonds is 6. The van der Waals surface area contributed by atoms with Crippen molar-refractivity contribution in [1.82, 2.24) is 9.97 Å². The molecule has 0 saturated heterocycles. The average molecular weight is 425 g/mol. The van der Waals surface area contributed by atoms with E-state index in [0.29, 0.717) is 29.5 Å². The number of benzene rings is 1. The molecule has 31 heavy (non-hydrogen) atoms. The first-order chi connectivity index (χ1) is 14.9. The molecule has 1 fully saturated rings. The number of carbonyl (C=O) groups excluding carboxylic acids is 1. The minimum Gasteiger partial charge on any atom is -0.495 e. The molecule has 2 heterocycles. The lowest BCUT2D eigenvalue weighted by molar-refractivity contribution is -0.120. The number of likely N-dealkylation sites (N-methyl/N-ethyl adjacent to an activating group) is 1. The lowest BCUT2D eigenvalue weighted by atomic mass is 10.0. The number of carboxylic acid groups (broad SMARTS) is 1. The molecule has 4 rings (SSSR count). The second-order valence-electron chi connectivity index (χ2n) is 7.91. The Balaban J connectivity index is 1.72. The lowest BCUT2D eigenvalue weighted by Gasteiger charge is -2.43. The summed E-state index contributed by atoms with van der Waals surface area (Å²) in [6.45, 7) is 2.03. The van der Waals surface area contributed by atoms with E-state index in [1.807, 2.05) is 6.92 Å². The molecule has 9 heteroatoms. The second-order valence-corrected chi connectivity index (χ2v) is 7.91. The highest BCUT2D eigenvalue weighted by atomic mass is 16.5. The number of nitrogens with zero attached hydrogens (tertiary/aromatic N) is 4. The quantitative estimate of drug-likeness (QED) is 0.725. The van der Waals surface area contributed by atoms with Crippen LogP contribution in [0, 0.1) is 0 Å². The summed E-state index contributed by atoms with van der Waals surface area (Å²) in [5.41, 5.74) is 1.39. The number of nitrogens with one attached hydrogen (secondary N) is 1. The van der Waals surface area contributed by atoms with Gasteiger partial charge >= 0.3 is 5.97 Å². The highest BCUT2D eigenvalue weighted by Gasteiger charge is 2.41. The highest BCUT2D eigenvalue weighted by molar-refractivity contribution is 6.04. The van der Waals surface area contributed by atoms with Crippen LogP contribution in [0.25, 0.3) is 0 Å². The molecule has 9 nitrogen and oxygen atoms in total. The Labute approximate surface area is 181 Å². The fourth-order valence-corrected chi connectivity index (χ4v) is 4.49. The van der Waals surface area contributed by atoms with Gasteiger partial charge in [-0.25, -0.2) is 9.78 Å². The van der Waals surface area contributed by atoms with Crippen LogP contribution in [0.2, 0.25) is 0 Å². The number of methoxy groups -OCH3 is 1. The van der Waals surface area contributed by atoms with Crippen LogP contribution in [0.1, 0.15) is 49.4 Å². The molecule has 1 amide bonds. The van der Waals surface area contributed by atoms with E-state index < -0.39 is 5.97 Å². The predicted octanol–water partition coefficient (Wildman–Crippen LogP) is 3.43. The number of amides is 1. The first-order valence-electron chi connectivity index (χ1n) is 10.6. The van der Waals surface area contributed by atoms with Crippen LogP contribution in [-0.4, -0.2) is 53.2 Å². The van der Waals surface area contributed by atoms with Crippen LogP contribution in [0.15, 0.2) is 24.4 Å². The molecule has 0 bridgehead atoms. The largest absolute Gasteiger partial charge is 0.495 e. The van der Waals surface area contributed by atoms with Crippen molar-refractivity contribution < 1.29 is 19.4 Å². The summed E-state index contributed by atoms with van der Waals surface area (Å²) in [5, 5.41) is 12.3. The molecule has 0 spiro atoms. The average Bonchev–Trinajstić information content (AvgIpc) is 3.30. The molecule has 164 valence electrons. The van der Waals surface area contributed by atoms with Crippen molar-refractivity contribution in [2.45, 2.75) is 51.1 Å². The smallest absolute Gasteiger partial charge is 0.335 e. The van der Waals surface area contributed by atoms with Gasteiger partial charge in [0.1, 0.15) is 17.5 Å². The monoisotopic (exact) mass is 425 g/mol. The summed E-state index contributed by atoms with van der Waals surface area (Å²) in [6, 6.07) is 4.62. The molecule has 2 aliphatic rings. The van der Waals surface area contributed by atoms with E-state index >= 15 is 0 Å². The van der Waals surface area contributed by atoms with Crippen molar-refractivity contribution in [2.24, 2.45) is 0 Å². The molecule has 0 radical (unpaired) electrons. The van der Waals surface area contributed by atoms with Crippen LogP contribution >= 0.6 is 0 Å². The number of hydrogen-bond donors (Lipinski definition) is 2. The van der Waals surface area contributed by atoms with Gasteiger partial charge < -0.3 is 25.0 Å². The Morgan fingerprint density at radius 3 is 2.71 bits per heavy atom. The molecule has 1 aromatic carbocycles. The molecule has 2 aromatic rings. The van der Waals surface area contributed by atoms with Crippen molar-refractivity contribution in [2.75, 3.05) is 29.3 Å². The number of ether oxygens (including phenoxy) is 1. The third-order valence-electron chi connectivity index (χ3n) is 6.11. The zero-order chi connectivity index (χ0) is 22.1. The van der Waals surface area contributed by atoms with E-state index in [0.717, 1.165) is 31.5 Å². The molecular formula is C22H27N5O4. The second kappa shape index (κ2) is 8.41. The molecule has 1 aliphatic heterocycles. The number of aromatic carboxylic acids is 1. The highest BCUT2D eigenvalue weighted by Crippen LogP contribution is 2.40. The van der Waals surface area contributed by atoms with Crippen LogP contribution in [-0.2, 0) is 4.79 Å². The number of anilines is 4. The van der Waals surface area contributed by atoms with Gasteiger partial charge in [0.15, 0.2) is 5.82 Å². The minimum atomic E-state index is -1.03. The maximum atomic E-state index is 13.0. The van der Waals surface area contributed by atoms with Crippen LogP contribution in [0.5, 0.6) is 5.75 Å². The topological polar surface area (TPSA) is 108 Å². The zero-order valence-electron chi connectivity index (χ0n) is 18.0. The predicted molar refractivity (Wildman–Crippen MR) is 117 cm³/mol. The Kier molecular flexibility index (Phi) is 5.67.